The summed E-state index contributed by atoms with van der Waals surface area (Å²) in [5.74, 6) is 0.220. The quantitative estimate of drug-likeness (QED) is 0.643. The van der Waals surface area contributed by atoms with Gasteiger partial charge in [-0.15, -0.1) is 0 Å². The highest BCUT2D eigenvalue weighted by Crippen LogP contribution is 2.23. The fourth-order valence-electron chi connectivity index (χ4n) is 3.74. The number of hydrogen-bond donors (Lipinski definition) is 0. The predicted molar refractivity (Wildman–Crippen MR) is 113 cm³/mol. The average molecular weight is 408 g/mol. The summed E-state index contributed by atoms with van der Waals surface area (Å²) in [7, 11) is 0. The van der Waals surface area contributed by atoms with Crippen molar-refractivity contribution < 1.29 is 13.7 Å². The molecule has 0 N–H and O–H groups in total. The second kappa shape index (κ2) is 8.65. The number of amides is 1. The summed E-state index contributed by atoms with van der Waals surface area (Å²) in [6.07, 6.45) is 0.639. The highest BCUT2D eigenvalue weighted by atomic mass is 19.1. The molecule has 0 aliphatic carbocycles. The van der Waals surface area contributed by atoms with Crippen molar-refractivity contribution in [3.63, 3.8) is 0 Å². The minimum Gasteiger partial charge on any atom is -0.368 e. The number of hydrogen-bond acceptors (Lipinski definition) is 5. The SMILES string of the molecule is Cc1ccc(C)c(N2CCN(C(=O)CCc3nc(-c4ccccc4F)no3)CC2)c1. The third-order valence-corrected chi connectivity index (χ3v) is 5.47. The fourth-order valence-corrected chi connectivity index (χ4v) is 3.74. The number of carbonyl (C=O) groups excluding carboxylic acids is 1. The Kier molecular flexibility index (Phi) is 5.79. The largest absolute Gasteiger partial charge is 0.368 e. The Bertz CT molecular complexity index is 1040. The van der Waals surface area contributed by atoms with Crippen LogP contribution in [0.2, 0.25) is 0 Å². The van der Waals surface area contributed by atoms with Gasteiger partial charge in [-0.1, -0.05) is 29.4 Å². The maximum absolute atomic E-state index is 13.9. The van der Waals surface area contributed by atoms with Crippen molar-refractivity contribution in [3.8, 4) is 11.4 Å². The molecule has 1 aliphatic heterocycles. The summed E-state index contributed by atoms with van der Waals surface area (Å²) in [6, 6.07) is 12.7. The van der Waals surface area contributed by atoms with E-state index in [0.717, 1.165) is 13.1 Å². The van der Waals surface area contributed by atoms with E-state index in [2.05, 4.69) is 47.1 Å². The van der Waals surface area contributed by atoms with Crippen molar-refractivity contribution in [2.75, 3.05) is 31.1 Å². The summed E-state index contributed by atoms with van der Waals surface area (Å²) in [4.78, 5) is 21.1. The highest BCUT2D eigenvalue weighted by Gasteiger charge is 2.23. The second-order valence-electron chi connectivity index (χ2n) is 7.65. The standard InChI is InChI=1S/C23H25FN4O2/c1-16-7-8-17(2)20(15-16)27-11-13-28(14-12-27)22(29)10-9-21-25-23(26-30-21)18-5-3-4-6-19(18)24/h3-8,15H,9-14H2,1-2H3. The predicted octanol–water partition coefficient (Wildman–Crippen LogP) is 3.77. The van der Waals surface area contributed by atoms with E-state index in [-0.39, 0.29) is 11.7 Å². The van der Waals surface area contributed by atoms with E-state index in [9.17, 15) is 9.18 Å². The van der Waals surface area contributed by atoms with Crippen molar-refractivity contribution in [3.05, 3.63) is 65.3 Å². The van der Waals surface area contributed by atoms with Gasteiger partial charge in [0.15, 0.2) is 0 Å². The summed E-state index contributed by atoms with van der Waals surface area (Å²) >= 11 is 0. The van der Waals surface area contributed by atoms with Crippen LogP contribution in [-0.4, -0.2) is 47.1 Å². The Morgan fingerprint density at radius 2 is 1.87 bits per heavy atom. The molecular formula is C23H25FN4O2. The number of halogens is 1. The first-order valence-corrected chi connectivity index (χ1v) is 10.2. The fraction of sp³-hybridized carbons (Fsp3) is 0.348. The Balaban J connectivity index is 1.31. The molecule has 30 heavy (non-hydrogen) atoms. The zero-order valence-electron chi connectivity index (χ0n) is 17.3. The first kappa shape index (κ1) is 20.1. The van der Waals surface area contributed by atoms with E-state index < -0.39 is 5.82 Å². The van der Waals surface area contributed by atoms with E-state index in [4.69, 9.17) is 4.52 Å². The number of nitrogens with zero attached hydrogens (tertiary/aromatic N) is 4. The van der Waals surface area contributed by atoms with Crippen LogP contribution in [0.25, 0.3) is 11.4 Å². The molecule has 0 saturated carbocycles. The molecule has 0 radical (unpaired) electrons. The molecule has 156 valence electrons. The number of aromatic nitrogens is 2. The maximum atomic E-state index is 13.9. The Hall–Kier alpha value is -3.22. The highest BCUT2D eigenvalue weighted by molar-refractivity contribution is 5.76. The number of piperazine rings is 1. The first-order valence-electron chi connectivity index (χ1n) is 10.2. The van der Waals surface area contributed by atoms with Gasteiger partial charge in [-0.3, -0.25) is 4.79 Å². The minimum absolute atomic E-state index is 0.0706. The number of benzene rings is 2. The van der Waals surface area contributed by atoms with Gasteiger partial charge in [0.2, 0.25) is 17.6 Å². The zero-order valence-corrected chi connectivity index (χ0v) is 17.3. The second-order valence-corrected chi connectivity index (χ2v) is 7.65. The van der Waals surface area contributed by atoms with Crippen molar-refractivity contribution in [1.82, 2.24) is 15.0 Å². The molecule has 2 heterocycles. The van der Waals surface area contributed by atoms with Gasteiger partial charge in [0.25, 0.3) is 0 Å². The van der Waals surface area contributed by atoms with E-state index in [0.29, 0.717) is 37.4 Å². The Morgan fingerprint density at radius 1 is 1.10 bits per heavy atom. The molecule has 2 aromatic carbocycles. The van der Waals surface area contributed by atoms with Crippen molar-refractivity contribution in [1.29, 1.82) is 0 Å². The number of anilines is 1. The van der Waals surface area contributed by atoms with Crippen molar-refractivity contribution in [2.24, 2.45) is 0 Å². The van der Waals surface area contributed by atoms with Crippen LogP contribution in [0, 0.1) is 19.7 Å². The van der Waals surface area contributed by atoms with Gasteiger partial charge in [0.05, 0.1) is 5.56 Å². The molecule has 0 unspecified atom stereocenters. The monoisotopic (exact) mass is 408 g/mol. The normalized spacial score (nSPS) is 14.2. The third kappa shape index (κ3) is 4.35. The molecule has 0 atom stereocenters. The van der Waals surface area contributed by atoms with E-state index in [1.165, 1.54) is 22.9 Å². The Morgan fingerprint density at radius 3 is 2.63 bits per heavy atom. The van der Waals surface area contributed by atoms with Crippen LogP contribution in [0.5, 0.6) is 0 Å². The molecule has 1 aromatic heterocycles. The van der Waals surface area contributed by atoms with Crippen LogP contribution in [0.3, 0.4) is 0 Å². The van der Waals surface area contributed by atoms with Crippen molar-refractivity contribution >= 4 is 11.6 Å². The number of aryl methyl sites for hydroxylation is 3. The lowest BCUT2D eigenvalue weighted by Gasteiger charge is -2.37. The molecule has 1 fully saturated rings. The summed E-state index contributed by atoms with van der Waals surface area (Å²) in [5, 5.41) is 3.84. The van der Waals surface area contributed by atoms with Crippen LogP contribution in [0.1, 0.15) is 23.4 Å². The molecule has 1 saturated heterocycles. The van der Waals surface area contributed by atoms with Crippen LogP contribution in [0.15, 0.2) is 47.0 Å². The average Bonchev–Trinajstić information content (AvgIpc) is 3.23. The van der Waals surface area contributed by atoms with Gasteiger partial charge in [0, 0.05) is 44.7 Å². The first-order chi connectivity index (χ1) is 14.5. The van der Waals surface area contributed by atoms with Gasteiger partial charge >= 0.3 is 0 Å². The van der Waals surface area contributed by atoms with Gasteiger partial charge < -0.3 is 14.3 Å². The van der Waals surface area contributed by atoms with Crippen LogP contribution >= 0.6 is 0 Å². The molecule has 0 bridgehead atoms. The van der Waals surface area contributed by atoms with E-state index >= 15 is 0 Å². The molecule has 7 heteroatoms. The smallest absolute Gasteiger partial charge is 0.227 e. The summed E-state index contributed by atoms with van der Waals surface area (Å²) in [5.41, 5.74) is 4.03. The molecule has 1 aliphatic rings. The number of carbonyl (C=O) groups is 1. The zero-order chi connectivity index (χ0) is 21.1. The lowest BCUT2D eigenvalue weighted by Crippen LogP contribution is -2.49. The number of rotatable bonds is 5. The third-order valence-electron chi connectivity index (χ3n) is 5.47. The molecule has 6 nitrogen and oxygen atoms in total. The Labute approximate surface area is 175 Å². The molecule has 0 spiro atoms. The molecular weight excluding hydrogens is 383 g/mol. The van der Waals surface area contributed by atoms with Gasteiger partial charge in [0.1, 0.15) is 5.82 Å². The summed E-state index contributed by atoms with van der Waals surface area (Å²) in [6.45, 7) is 7.22. The van der Waals surface area contributed by atoms with Crippen LogP contribution in [0.4, 0.5) is 10.1 Å². The molecule has 3 aromatic rings. The lowest BCUT2D eigenvalue weighted by molar-refractivity contribution is -0.131. The van der Waals surface area contributed by atoms with Gasteiger partial charge in [-0.2, -0.15) is 4.98 Å². The van der Waals surface area contributed by atoms with E-state index in [1.54, 1.807) is 18.2 Å². The van der Waals surface area contributed by atoms with Crippen molar-refractivity contribution in [2.45, 2.75) is 26.7 Å². The van der Waals surface area contributed by atoms with Gasteiger partial charge in [-0.25, -0.2) is 4.39 Å². The topological polar surface area (TPSA) is 62.5 Å². The lowest BCUT2D eigenvalue weighted by atomic mass is 10.1. The van der Waals surface area contributed by atoms with Gasteiger partial charge in [-0.05, 0) is 43.2 Å². The summed E-state index contributed by atoms with van der Waals surface area (Å²) < 4.78 is 19.1. The maximum Gasteiger partial charge on any atom is 0.227 e. The van der Waals surface area contributed by atoms with Crippen LogP contribution < -0.4 is 4.90 Å². The molecule has 1 amide bonds. The molecule has 4 rings (SSSR count). The minimum atomic E-state index is -0.400. The van der Waals surface area contributed by atoms with Crippen LogP contribution in [-0.2, 0) is 11.2 Å². The van der Waals surface area contributed by atoms with E-state index in [1.807, 2.05) is 4.90 Å².